The maximum Gasteiger partial charge on any atom is 0.0764 e. The Kier molecular flexibility index (Phi) is 2.40. The van der Waals surface area contributed by atoms with Crippen LogP contribution in [0.2, 0.25) is 0 Å². The number of hydrogen-bond acceptors (Lipinski definition) is 3. The lowest BCUT2D eigenvalue weighted by Gasteiger charge is -2.22. The van der Waals surface area contributed by atoms with E-state index < -0.39 is 11.6 Å². The summed E-state index contributed by atoms with van der Waals surface area (Å²) in [6, 6.07) is -0.539. The molecule has 0 aliphatic carbocycles. The predicted octanol–water partition coefficient (Wildman–Crippen LogP) is -0.923. The molecule has 0 aromatic heterocycles. The number of rotatable bonds is 2. The van der Waals surface area contributed by atoms with Gasteiger partial charge in [0.05, 0.1) is 18.2 Å². The highest BCUT2D eigenvalue weighted by Gasteiger charge is 2.21. The Labute approximate surface area is 49.1 Å². The van der Waals surface area contributed by atoms with Gasteiger partial charge in [0, 0.05) is 0 Å². The molecule has 0 bridgehead atoms. The first kappa shape index (κ1) is 7.88. The average Bonchev–Trinajstić information content (AvgIpc) is 1.62. The van der Waals surface area contributed by atoms with Crippen molar-refractivity contribution in [3.8, 4) is 0 Å². The maximum absolute atomic E-state index is 9.00. The fourth-order valence-electron chi connectivity index (χ4n) is 0.223. The highest BCUT2D eigenvalue weighted by molar-refractivity contribution is 4.78. The third-order valence-corrected chi connectivity index (χ3v) is 1.10. The lowest BCUT2D eigenvalue weighted by atomic mass is 10.0. The second-order valence-electron chi connectivity index (χ2n) is 2.44. The van der Waals surface area contributed by atoms with Crippen LogP contribution in [0.25, 0.3) is 0 Å². The van der Waals surface area contributed by atoms with Gasteiger partial charge in [-0.2, -0.15) is 0 Å². The van der Waals surface area contributed by atoms with Gasteiger partial charge in [0.2, 0.25) is 0 Å². The van der Waals surface area contributed by atoms with Crippen LogP contribution in [0.4, 0.5) is 0 Å². The minimum Gasteiger partial charge on any atom is -0.395 e. The molecule has 0 heterocycles. The first-order chi connectivity index (χ1) is 3.48. The fraction of sp³-hybridized carbons (Fsp3) is 1.00. The highest BCUT2D eigenvalue weighted by atomic mass is 16.3. The van der Waals surface area contributed by atoms with Crippen molar-refractivity contribution in [3.05, 3.63) is 0 Å². The van der Waals surface area contributed by atoms with E-state index in [4.69, 9.17) is 15.9 Å². The fourth-order valence-corrected chi connectivity index (χ4v) is 0.223. The molecule has 50 valence electrons. The highest BCUT2D eigenvalue weighted by Crippen LogP contribution is 2.03. The van der Waals surface area contributed by atoms with Crippen molar-refractivity contribution in [2.24, 2.45) is 5.73 Å². The van der Waals surface area contributed by atoms with Gasteiger partial charge in [0.25, 0.3) is 0 Å². The molecule has 0 aliphatic heterocycles. The quantitative estimate of drug-likeness (QED) is 0.440. The van der Waals surface area contributed by atoms with E-state index in [-0.39, 0.29) is 6.61 Å². The van der Waals surface area contributed by atoms with Gasteiger partial charge in [-0.05, 0) is 13.8 Å². The average molecular weight is 119 g/mol. The molecule has 0 amide bonds. The van der Waals surface area contributed by atoms with E-state index in [0.29, 0.717) is 0 Å². The molecule has 0 rings (SSSR count). The number of aliphatic hydroxyl groups is 2. The van der Waals surface area contributed by atoms with Crippen LogP contribution in [0.3, 0.4) is 0 Å². The minimum absolute atomic E-state index is 0.177. The van der Waals surface area contributed by atoms with E-state index in [0.717, 1.165) is 0 Å². The molecule has 0 saturated heterocycles. The molecule has 0 fully saturated rings. The first-order valence-corrected chi connectivity index (χ1v) is 2.57. The summed E-state index contributed by atoms with van der Waals surface area (Å²) in [5.41, 5.74) is 4.29. The molecule has 0 unspecified atom stereocenters. The van der Waals surface area contributed by atoms with E-state index >= 15 is 0 Å². The monoisotopic (exact) mass is 119 g/mol. The number of aliphatic hydroxyl groups excluding tert-OH is 1. The van der Waals surface area contributed by atoms with Crippen molar-refractivity contribution in [1.29, 1.82) is 0 Å². The van der Waals surface area contributed by atoms with Gasteiger partial charge in [-0.25, -0.2) is 0 Å². The van der Waals surface area contributed by atoms with E-state index in [1.807, 2.05) is 0 Å². The lowest BCUT2D eigenvalue weighted by Crippen LogP contribution is -2.45. The number of hydrogen-bond donors (Lipinski definition) is 3. The Bertz CT molecular complexity index is 67.3. The summed E-state index contributed by atoms with van der Waals surface area (Å²) in [6.45, 7) is 2.95. The van der Waals surface area contributed by atoms with Crippen LogP contribution in [0, 0.1) is 0 Å². The summed E-state index contributed by atoms with van der Waals surface area (Å²) in [5, 5.41) is 17.4. The number of nitrogens with two attached hydrogens (primary N) is 1. The largest absolute Gasteiger partial charge is 0.395 e. The zero-order valence-electron chi connectivity index (χ0n) is 5.26. The van der Waals surface area contributed by atoms with Gasteiger partial charge in [0.15, 0.2) is 0 Å². The Hall–Kier alpha value is -0.120. The normalized spacial score (nSPS) is 16.1. The maximum atomic E-state index is 9.00. The van der Waals surface area contributed by atoms with Crippen LogP contribution in [0.15, 0.2) is 0 Å². The summed E-state index contributed by atoms with van der Waals surface area (Å²) in [7, 11) is 0. The van der Waals surface area contributed by atoms with E-state index in [1.54, 1.807) is 13.8 Å². The first-order valence-electron chi connectivity index (χ1n) is 2.57. The predicted molar refractivity (Wildman–Crippen MR) is 31.4 cm³/mol. The summed E-state index contributed by atoms with van der Waals surface area (Å²) in [6.07, 6.45) is 0. The van der Waals surface area contributed by atoms with Crippen LogP contribution >= 0.6 is 0 Å². The molecule has 3 nitrogen and oxygen atoms in total. The molecule has 0 aromatic rings. The van der Waals surface area contributed by atoms with Crippen LogP contribution in [0.1, 0.15) is 13.8 Å². The second kappa shape index (κ2) is 2.44. The molecule has 8 heavy (non-hydrogen) atoms. The van der Waals surface area contributed by atoms with Gasteiger partial charge in [-0.3, -0.25) is 0 Å². The van der Waals surface area contributed by atoms with E-state index in [1.165, 1.54) is 0 Å². The summed E-state index contributed by atoms with van der Waals surface area (Å²) >= 11 is 0. The topological polar surface area (TPSA) is 66.5 Å². The minimum atomic E-state index is -0.964. The zero-order chi connectivity index (χ0) is 6.78. The molecule has 0 aromatic carbocycles. The van der Waals surface area contributed by atoms with Gasteiger partial charge in [0.1, 0.15) is 0 Å². The third kappa shape index (κ3) is 2.26. The summed E-state index contributed by atoms with van der Waals surface area (Å²) in [5.74, 6) is 0. The van der Waals surface area contributed by atoms with Crippen molar-refractivity contribution in [2.75, 3.05) is 6.61 Å². The van der Waals surface area contributed by atoms with Gasteiger partial charge in [-0.15, -0.1) is 0 Å². The molecular formula is C5H13NO2. The van der Waals surface area contributed by atoms with Gasteiger partial charge in [-0.1, -0.05) is 0 Å². The van der Waals surface area contributed by atoms with Crippen molar-refractivity contribution in [2.45, 2.75) is 25.5 Å². The summed E-state index contributed by atoms with van der Waals surface area (Å²) in [4.78, 5) is 0. The van der Waals surface area contributed by atoms with Crippen LogP contribution < -0.4 is 5.73 Å². The molecule has 0 aliphatic rings. The smallest absolute Gasteiger partial charge is 0.0764 e. The second-order valence-corrected chi connectivity index (χ2v) is 2.44. The molecule has 1 atom stereocenters. The van der Waals surface area contributed by atoms with Gasteiger partial charge >= 0.3 is 0 Å². The molecule has 0 radical (unpaired) electrons. The van der Waals surface area contributed by atoms with E-state index in [2.05, 4.69) is 0 Å². The Morgan fingerprint density at radius 2 is 2.00 bits per heavy atom. The van der Waals surface area contributed by atoms with Crippen molar-refractivity contribution in [1.82, 2.24) is 0 Å². The van der Waals surface area contributed by atoms with Crippen molar-refractivity contribution < 1.29 is 10.2 Å². The van der Waals surface area contributed by atoms with Crippen LogP contribution in [-0.2, 0) is 0 Å². The molecule has 4 N–H and O–H groups in total. The SMILES string of the molecule is CC(C)(O)[C@@H](N)CO. The third-order valence-electron chi connectivity index (χ3n) is 1.10. The van der Waals surface area contributed by atoms with Crippen molar-refractivity contribution in [3.63, 3.8) is 0 Å². The zero-order valence-corrected chi connectivity index (χ0v) is 5.26. The summed E-state index contributed by atoms with van der Waals surface area (Å²) < 4.78 is 0. The van der Waals surface area contributed by atoms with E-state index in [9.17, 15) is 0 Å². The molecule has 3 heteroatoms. The molecule has 0 saturated carbocycles. The van der Waals surface area contributed by atoms with Crippen LogP contribution in [-0.4, -0.2) is 28.5 Å². The van der Waals surface area contributed by atoms with Crippen molar-refractivity contribution >= 4 is 0 Å². The molecule has 0 spiro atoms. The van der Waals surface area contributed by atoms with Crippen LogP contribution in [0.5, 0.6) is 0 Å². The Balaban J connectivity index is 3.62. The standard InChI is InChI=1S/C5H13NO2/c1-5(2,8)4(6)3-7/h4,7-8H,3,6H2,1-2H3/t4-/m0/s1. The van der Waals surface area contributed by atoms with Gasteiger partial charge < -0.3 is 15.9 Å². The Morgan fingerprint density at radius 1 is 1.62 bits per heavy atom. The lowest BCUT2D eigenvalue weighted by molar-refractivity contribution is 0.0302. The molecular weight excluding hydrogens is 106 g/mol. The Morgan fingerprint density at radius 3 is 2.00 bits per heavy atom.